The van der Waals surface area contributed by atoms with Crippen molar-refractivity contribution >= 4 is 35.1 Å². The van der Waals surface area contributed by atoms with Crippen LogP contribution in [-0.4, -0.2) is 108 Å². The molecule has 3 saturated carbocycles. The second-order valence-electron chi connectivity index (χ2n) is 17.3. The van der Waals surface area contributed by atoms with Gasteiger partial charge < -0.3 is 29.2 Å². The lowest BCUT2D eigenvalue weighted by molar-refractivity contribution is -0.235. The zero-order valence-corrected chi connectivity index (χ0v) is 35.0. The van der Waals surface area contributed by atoms with E-state index in [-0.39, 0.29) is 95.7 Å². The van der Waals surface area contributed by atoms with Gasteiger partial charge in [-0.05, 0) is 73.1 Å². The molecule has 4 aliphatic carbocycles. The number of nitrogens with zero attached hydrogens (tertiary/aromatic N) is 1. The first-order valence-corrected chi connectivity index (χ1v) is 21.6. The molecule has 62 heavy (non-hydrogen) atoms. The van der Waals surface area contributed by atoms with Crippen molar-refractivity contribution in [2.24, 2.45) is 22.7 Å². The van der Waals surface area contributed by atoms with Gasteiger partial charge in [0, 0.05) is 57.1 Å². The number of fused-ring (bicyclic) bond motifs is 7. The van der Waals surface area contributed by atoms with E-state index >= 15 is 8.78 Å². The number of Topliss-reactive ketones (excluding diaryl/α,β-unsaturated/α-hetero) is 2. The number of benzene rings is 2. The molecule has 4 fully saturated rings. The smallest absolute Gasteiger partial charge is 0.253 e. The number of halogens is 2. The molecular weight excluding hydrogens is 821 g/mol. The molecule has 0 aromatic heterocycles. The minimum absolute atomic E-state index is 0. The Bertz CT molecular complexity index is 2180. The first-order valence-electron chi connectivity index (χ1n) is 20.8. The number of carbonyl (C=O) groups excluding carboxylic acids is 4. The summed E-state index contributed by atoms with van der Waals surface area (Å²) in [5.41, 5.74) is -4.17. The van der Waals surface area contributed by atoms with Crippen molar-refractivity contribution in [3.8, 4) is 0 Å². The molecule has 10 atom stereocenters. The maximum atomic E-state index is 17.8. The van der Waals surface area contributed by atoms with Gasteiger partial charge in [-0.1, -0.05) is 75.2 Å². The molecular formula is C48H55F2NO10S. The zero-order chi connectivity index (χ0) is 43.3. The molecule has 0 radical (unpaired) electrons. The number of amides is 2. The molecule has 1 saturated heterocycles. The molecule has 0 unspecified atom stereocenters. The summed E-state index contributed by atoms with van der Waals surface area (Å²) in [6, 6.07) is 15.2. The van der Waals surface area contributed by atoms with E-state index in [2.05, 4.69) is 6.58 Å². The molecule has 2 aliphatic heterocycles. The Kier molecular flexibility index (Phi) is 13.2. The third-order valence-electron chi connectivity index (χ3n) is 14.0. The van der Waals surface area contributed by atoms with E-state index in [1.165, 1.54) is 23.9 Å². The van der Waals surface area contributed by atoms with Crippen LogP contribution in [0.4, 0.5) is 8.78 Å². The molecule has 2 N–H and O–H groups in total. The summed E-state index contributed by atoms with van der Waals surface area (Å²) in [4.78, 5) is 52.7. The van der Waals surface area contributed by atoms with E-state index < -0.39 is 71.0 Å². The summed E-state index contributed by atoms with van der Waals surface area (Å²) in [5.74, 6) is -2.83. The van der Waals surface area contributed by atoms with E-state index in [0.717, 1.165) is 20.3 Å². The maximum absolute atomic E-state index is 17.8. The lowest BCUT2D eigenvalue weighted by Gasteiger charge is -2.63. The normalized spacial score (nSPS) is 34.3. The number of aliphatic hydroxyl groups excluding tert-OH is 2. The Morgan fingerprint density at radius 2 is 1.68 bits per heavy atom. The largest absolute Gasteiger partial charge is 0.390 e. The lowest BCUT2D eigenvalue weighted by Crippen LogP contribution is -2.70. The highest BCUT2D eigenvalue weighted by atomic mass is 32.2. The van der Waals surface area contributed by atoms with Gasteiger partial charge in [0.2, 0.25) is 0 Å². The fourth-order valence-electron chi connectivity index (χ4n) is 11.0. The van der Waals surface area contributed by atoms with Gasteiger partial charge in [0.25, 0.3) is 11.8 Å². The fraction of sp³-hybridized carbons (Fsp3) is 0.500. The Morgan fingerprint density at radius 1 is 0.968 bits per heavy atom. The van der Waals surface area contributed by atoms with Gasteiger partial charge in [-0.3, -0.25) is 24.1 Å². The molecule has 14 heteroatoms. The Morgan fingerprint density at radius 3 is 2.39 bits per heavy atom. The molecule has 2 aromatic rings. The van der Waals surface area contributed by atoms with Crippen LogP contribution in [-0.2, 0) is 44.5 Å². The van der Waals surface area contributed by atoms with Gasteiger partial charge >= 0.3 is 0 Å². The number of ketones is 2. The number of aliphatic hydroxyl groups is 2. The second kappa shape index (κ2) is 17.8. The number of hydrogen-bond acceptors (Lipinski definition) is 11. The quantitative estimate of drug-likeness (QED) is 0.140. The van der Waals surface area contributed by atoms with Gasteiger partial charge in [-0.2, -0.15) is 0 Å². The number of carbonyl (C=O) groups is 4. The second-order valence-corrected chi connectivity index (χ2v) is 18.5. The number of allylic oxidation sites excluding steroid dienone is 5. The van der Waals surface area contributed by atoms with Crippen molar-refractivity contribution in [2.75, 3.05) is 39.6 Å². The first kappa shape index (κ1) is 45.9. The summed E-state index contributed by atoms with van der Waals surface area (Å²) < 4.78 is 57.9. The predicted molar refractivity (Wildman–Crippen MR) is 226 cm³/mol. The minimum Gasteiger partial charge on any atom is -0.390 e. The average molecular weight is 876 g/mol. The van der Waals surface area contributed by atoms with Crippen LogP contribution in [0.2, 0.25) is 0 Å². The zero-order valence-electron chi connectivity index (χ0n) is 34.2. The number of rotatable bonds is 16. The van der Waals surface area contributed by atoms with Gasteiger partial charge in [-0.15, -0.1) is 0 Å². The highest BCUT2D eigenvalue weighted by Gasteiger charge is 2.80. The molecule has 8 rings (SSSR count). The first-order chi connectivity index (χ1) is 29.1. The van der Waals surface area contributed by atoms with Crippen LogP contribution in [0.5, 0.6) is 0 Å². The summed E-state index contributed by atoms with van der Waals surface area (Å²) in [7, 11) is 0. The SMILES string of the molecule is C.C=C1C=C[C@@]2(C)C(=C1)[C@@H](F)C[C@H]1[C@@H]3C[C@H]4O[C@@H](c5ccc(Sc6cccc(CC(=O)CCOCCOCCN7C(=O)C=CC7=O)c6)cc5)O[C@@]4(C(=O)CO)[C@@]3(C)C[C@H](O)[C@@]12F. The van der Waals surface area contributed by atoms with Crippen molar-refractivity contribution in [3.63, 3.8) is 0 Å². The Labute approximate surface area is 365 Å². The van der Waals surface area contributed by atoms with Crippen molar-refractivity contribution in [1.29, 1.82) is 0 Å². The predicted octanol–water partition coefficient (Wildman–Crippen LogP) is 6.56. The summed E-state index contributed by atoms with van der Waals surface area (Å²) in [6.07, 6.45) is 2.82. The fourth-order valence-corrected chi connectivity index (χ4v) is 11.9. The van der Waals surface area contributed by atoms with Crippen LogP contribution in [0.15, 0.2) is 106 Å². The molecule has 2 heterocycles. The van der Waals surface area contributed by atoms with E-state index in [9.17, 15) is 29.4 Å². The van der Waals surface area contributed by atoms with Crippen molar-refractivity contribution < 1.29 is 57.1 Å². The molecule has 2 amide bonds. The van der Waals surface area contributed by atoms with E-state index in [0.29, 0.717) is 11.1 Å². The van der Waals surface area contributed by atoms with Crippen LogP contribution in [0.3, 0.4) is 0 Å². The number of ether oxygens (including phenoxy) is 4. The number of alkyl halides is 2. The Hall–Kier alpha value is -4.15. The number of imide groups is 1. The maximum Gasteiger partial charge on any atom is 0.253 e. The van der Waals surface area contributed by atoms with Crippen LogP contribution < -0.4 is 0 Å². The van der Waals surface area contributed by atoms with Crippen LogP contribution in [0, 0.1) is 22.7 Å². The topological polar surface area (TPSA) is 149 Å². The van der Waals surface area contributed by atoms with E-state index in [1.807, 2.05) is 48.5 Å². The van der Waals surface area contributed by atoms with E-state index in [1.54, 1.807) is 32.1 Å². The van der Waals surface area contributed by atoms with Crippen LogP contribution in [0.1, 0.15) is 64.4 Å². The third kappa shape index (κ3) is 7.69. The molecule has 0 bridgehead atoms. The highest BCUT2D eigenvalue weighted by molar-refractivity contribution is 7.99. The standard InChI is InChI=1S/C47H51F2NO10S.CH4/c1-28-13-15-44(2)36(21-28)37(48)24-35-34-25-40-47(39(54)27-51,45(34,3)26-38(53)46(35,44)49)60-43(59-40)30-7-9-32(10-8-30)61-33-6-4-5-29(23-33)22-31(52)14-17-57-19-20-58-18-16-50-41(55)11-12-42(50)56;/h4-13,15,21,23,34-35,37-38,40,43,51,53H,1,14,16-20,22,24-27H2,2-3H3;1H4/t34-,35-,37-,38-,40+,43+,44-,45-,46-,47+;/m0./s1. The molecule has 2 aromatic carbocycles. The summed E-state index contributed by atoms with van der Waals surface area (Å²) in [5, 5.41) is 22.1. The molecule has 332 valence electrons. The minimum atomic E-state index is -2.22. The molecule has 11 nitrogen and oxygen atoms in total. The van der Waals surface area contributed by atoms with Crippen LogP contribution in [0.25, 0.3) is 0 Å². The molecule has 0 spiro atoms. The summed E-state index contributed by atoms with van der Waals surface area (Å²) >= 11 is 1.51. The van der Waals surface area contributed by atoms with Gasteiger partial charge in [-0.25, -0.2) is 8.78 Å². The molecule has 6 aliphatic rings. The lowest BCUT2D eigenvalue weighted by atomic mass is 9.44. The average Bonchev–Trinajstić information content (AvgIpc) is 3.86. The monoisotopic (exact) mass is 875 g/mol. The Balaban J connectivity index is 0.00000578. The van der Waals surface area contributed by atoms with Gasteiger partial charge in [0.05, 0.1) is 45.2 Å². The van der Waals surface area contributed by atoms with Crippen molar-refractivity contribution in [3.05, 3.63) is 108 Å². The van der Waals surface area contributed by atoms with E-state index in [4.69, 9.17) is 18.9 Å². The van der Waals surface area contributed by atoms with Crippen molar-refractivity contribution in [2.45, 2.75) is 99.1 Å². The third-order valence-corrected chi connectivity index (χ3v) is 15.0. The van der Waals surface area contributed by atoms with Gasteiger partial charge in [0.15, 0.2) is 23.3 Å². The number of hydrogen-bond donors (Lipinski definition) is 2. The highest BCUT2D eigenvalue weighted by Crippen LogP contribution is 2.72. The van der Waals surface area contributed by atoms with Gasteiger partial charge in [0.1, 0.15) is 18.6 Å². The van der Waals surface area contributed by atoms with Crippen LogP contribution >= 0.6 is 11.8 Å². The summed E-state index contributed by atoms with van der Waals surface area (Å²) in [6.45, 7) is 7.67. The van der Waals surface area contributed by atoms with Crippen molar-refractivity contribution in [1.82, 2.24) is 4.90 Å².